The zero-order valence-corrected chi connectivity index (χ0v) is 9.26. The number of carbonyl (C=O) groups excluding carboxylic acids is 1. The van der Waals surface area contributed by atoms with Crippen molar-refractivity contribution in [2.24, 2.45) is 5.92 Å². The van der Waals surface area contributed by atoms with Gasteiger partial charge in [0.15, 0.2) is 0 Å². The van der Waals surface area contributed by atoms with Crippen molar-refractivity contribution in [1.29, 1.82) is 0 Å². The Morgan fingerprint density at radius 3 is 2.64 bits per heavy atom. The van der Waals surface area contributed by atoms with E-state index in [-0.39, 0.29) is 0 Å². The van der Waals surface area contributed by atoms with Gasteiger partial charge in [-0.2, -0.15) is 0 Å². The third-order valence-corrected chi connectivity index (χ3v) is 2.86. The molecular formula is C12H22O2. The van der Waals surface area contributed by atoms with Crippen LogP contribution < -0.4 is 0 Å². The summed E-state index contributed by atoms with van der Waals surface area (Å²) in [4.78, 5) is 11.5. The Balaban J connectivity index is 1.98. The summed E-state index contributed by atoms with van der Waals surface area (Å²) in [6.07, 6.45) is 7.64. The fourth-order valence-corrected chi connectivity index (χ4v) is 2.07. The van der Waals surface area contributed by atoms with E-state index >= 15 is 0 Å². The van der Waals surface area contributed by atoms with Crippen LogP contribution in [0.3, 0.4) is 0 Å². The maximum absolute atomic E-state index is 11.5. The lowest BCUT2D eigenvalue weighted by molar-refractivity contribution is -0.121. The van der Waals surface area contributed by atoms with Crippen molar-refractivity contribution in [3.05, 3.63) is 0 Å². The third-order valence-electron chi connectivity index (χ3n) is 2.86. The van der Waals surface area contributed by atoms with Crippen LogP contribution in [0, 0.1) is 5.92 Å². The lowest BCUT2D eigenvalue weighted by Crippen LogP contribution is -2.08. The topological polar surface area (TPSA) is 26.3 Å². The van der Waals surface area contributed by atoms with Gasteiger partial charge in [0.05, 0.1) is 6.61 Å². The number of hydrogen-bond donors (Lipinski definition) is 0. The Morgan fingerprint density at radius 2 is 2.00 bits per heavy atom. The van der Waals surface area contributed by atoms with Crippen LogP contribution >= 0.6 is 0 Å². The number of Topliss-reactive ketones (excluding diaryl/α,β-unsaturated/α-hetero) is 1. The monoisotopic (exact) mass is 198 g/mol. The van der Waals surface area contributed by atoms with Crippen LogP contribution in [-0.2, 0) is 9.53 Å². The molecule has 0 atom stereocenters. The van der Waals surface area contributed by atoms with E-state index in [4.69, 9.17) is 4.74 Å². The van der Waals surface area contributed by atoms with Crippen molar-refractivity contribution in [1.82, 2.24) is 0 Å². The summed E-state index contributed by atoms with van der Waals surface area (Å²) in [6.45, 7) is 3.50. The molecule has 2 nitrogen and oxygen atoms in total. The van der Waals surface area contributed by atoms with Crippen molar-refractivity contribution in [3.63, 3.8) is 0 Å². The lowest BCUT2D eigenvalue weighted by Gasteiger charge is -2.07. The first kappa shape index (κ1) is 11.7. The molecular weight excluding hydrogens is 176 g/mol. The standard InChI is InChI=1S/C12H22O2/c1-2-8-14-9-7-12(13)10-11-5-3-4-6-11/h11H,2-10H2,1H3. The molecule has 1 fully saturated rings. The van der Waals surface area contributed by atoms with Crippen LogP contribution in [-0.4, -0.2) is 19.0 Å². The van der Waals surface area contributed by atoms with Gasteiger partial charge in [-0.1, -0.05) is 32.6 Å². The number of hydrogen-bond acceptors (Lipinski definition) is 2. The molecule has 82 valence electrons. The largest absolute Gasteiger partial charge is 0.381 e. The molecule has 0 N–H and O–H groups in total. The second-order valence-corrected chi connectivity index (χ2v) is 4.26. The Hall–Kier alpha value is -0.370. The smallest absolute Gasteiger partial charge is 0.135 e. The molecule has 1 aliphatic rings. The highest BCUT2D eigenvalue weighted by Gasteiger charge is 2.17. The van der Waals surface area contributed by atoms with Gasteiger partial charge in [-0.15, -0.1) is 0 Å². The minimum atomic E-state index is 0.396. The number of ketones is 1. The molecule has 0 aromatic rings. The SMILES string of the molecule is CCCOCCC(=O)CC1CCCC1. The van der Waals surface area contributed by atoms with Crippen LogP contribution in [0.5, 0.6) is 0 Å². The summed E-state index contributed by atoms with van der Waals surface area (Å²) in [5, 5.41) is 0. The predicted octanol–water partition coefficient (Wildman–Crippen LogP) is 2.95. The number of carbonyl (C=O) groups is 1. The van der Waals surface area contributed by atoms with Crippen molar-refractivity contribution in [2.45, 2.75) is 51.9 Å². The van der Waals surface area contributed by atoms with E-state index in [1.165, 1.54) is 25.7 Å². The van der Waals surface area contributed by atoms with Crippen LogP contribution in [0.2, 0.25) is 0 Å². The van der Waals surface area contributed by atoms with Gasteiger partial charge in [-0.05, 0) is 12.3 Å². The summed E-state index contributed by atoms with van der Waals surface area (Å²) in [7, 11) is 0. The van der Waals surface area contributed by atoms with Crippen LogP contribution in [0.4, 0.5) is 0 Å². The molecule has 0 bridgehead atoms. The lowest BCUT2D eigenvalue weighted by atomic mass is 10.00. The fraction of sp³-hybridized carbons (Fsp3) is 0.917. The van der Waals surface area contributed by atoms with E-state index in [9.17, 15) is 4.79 Å². The summed E-state index contributed by atoms with van der Waals surface area (Å²) in [5.74, 6) is 1.08. The van der Waals surface area contributed by atoms with E-state index < -0.39 is 0 Å². The summed E-state index contributed by atoms with van der Waals surface area (Å²) >= 11 is 0. The fourth-order valence-electron chi connectivity index (χ4n) is 2.07. The second-order valence-electron chi connectivity index (χ2n) is 4.26. The quantitative estimate of drug-likeness (QED) is 0.588. The van der Waals surface area contributed by atoms with E-state index in [2.05, 4.69) is 6.92 Å². The highest BCUT2D eigenvalue weighted by atomic mass is 16.5. The highest BCUT2D eigenvalue weighted by molar-refractivity contribution is 5.78. The van der Waals surface area contributed by atoms with Gasteiger partial charge in [0.1, 0.15) is 5.78 Å². The molecule has 1 rings (SSSR count). The van der Waals surface area contributed by atoms with E-state index in [0.29, 0.717) is 24.7 Å². The third kappa shape index (κ3) is 4.75. The number of ether oxygens (including phenoxy) is 1. The van der Waals surface area contributed by atoms with Gasteiger partial charge < -0.3 is 4.74 Å². The van der Waals surface area contributed by atoms with Gasteiger partial charge in [0.25, 0.3) is 0 Å². The van der Waals surface area contributed by atoms with Gasteiger partial charge in [-0.3, -0.25) is 4.79 Å². The van der Waals surface area contributed by atoms with E-state index in [1.807, 2.05) is 0 Å². The average molecular weight is 198 g/mol. The maximum Gasteiger partial charge on any atom is 0.135 e. The minimum Gasteiger partial charge on any atom is -0.381 e. The molecule has 0 spiro atoms. The Kier molecular flexibility index (Phi) is 5.85. The highest BCUT2D eigenvalue weighted by Crippen LogP contribution is 2.27. The number of rotatable bonds is 7. The normalized spacial score (nSPS) is 17.5. The molecule has 0 unspecified atom stereocenters. The molecule has 0 aliphatic heterocycles. The molecule has 1 aliphatic carbocycles. The van der Waals surface area contributed by atoms with E-state index in [0.717, 1.165) is 19.4 Å². The molecule has 0 heterocycles. The van der Waals surface area contributed by atoms with Crippen LogP contribution in [0.15, 0.2) is 0 Å². The Labute approximate surface area is 87.0 Å². The summed E-state index contributed by atoms with van der Waals surface area (Å²) in [6, 6.07) is 0. The molecule has 0 radical (unpaired) electrons. The predicted molar refractivity (Wildman–Crippen MR) is 57.3 cm³/mol. The Morgan fingerprint density at radius 1 is 1.29 bits per heavy atom. The van der Waals surface area contributed by atoms with Crippen molar-refractivity contribution >= 4 is 5.78 Å². The van der Waals surface area contributed by atoms with Gasteiger partial charge in [0.2, 0.25) is 0 Å². The van der Waals surface area contributed by atoms with Crippen molar-refractivity contribution in [3.8, 4) is 0 Å². The Bertz CT molecular complexity index is 160. The molecule has 0 amide bonds. The first-order chi connectivity index (χ1) is 6.83. The second kappa shape index (κ2) is 6.99. The zero-order chi connectivity index (χ0) is 10.2. The van der Waals surface area contributed by atoms with Crippen molar-refractivity contribution in [2.75, 3.05) is 13.2 Å². The molecule has 0 aromatic heterocycles. The molecule has 14 heavy (non-hydrogen) atoms. The maximum atomic E-state index is 11.5. The zero-order valence-electron chi connectivity index (χ0n) is 9.26. The van der Waals surface area contributed by atoms with Crippen LogP contribution in [0.1, 0.15) is 51.9 Å². The van der Waals surface area contributed by atoms with Gasteiger partial charge >= 0.3 is 0 Å². The van der Waals surface area contributed by atoms with Crippen LogP contribution in [0.25, 0.3) is 0 Å². The summed E-state index contributed by atoms with van der Waals surface area (Å²) < 4.78 is 5.30. The molecule has 2 heteroatoms. The van der Waals surface area contributed by atoms with Gasteiger partial charge in [0, 0.05) is 19.4 Å². The van der Waals surface area contributed by atoms with Gasteiger partial charge in [-0.25, -0.2) is 0 Å². The molecule has 0 saturated heterocycles. The molecule has 0 aromatic carbocycles. The summed E-state index contributed by atoms with van der Waals surface area (Å²) in [5.41, 5.74) is 0. The first-order valence-electron chi connectivity index (χ1n) is 5.92. The average Bonchev–Trinajstić information content (AvgIpc) is 2.65. The van der Waals surface area contributed by atoms with Crippen molar-refractivity contribution < 1.29 is 9.53 Å². The molecule has 1 saturated carbocycles. The first-order valence-corrected chi connectivity index (χ1v) is 5.92. The van der Waals surface area contributed by atoms with E-state index in [1.54, 1.807) is 0 Å². The minimum absolute atomic E-state index is 0.396.